The molecule has 0 saturated carbocycles. The molecule has 0 bridgehead atoms. The molecule has 1 aromatic carbocycles. The second kappa shape index (κ2) is 5.63. The molecule has 0 spiro atoms. The van der Waals surface area contributed by atoms with E-state index in [1.807, 2.05) is 33.0 Å². The number of hydrogen-bond acceptors (Lipinski definition) is 3. The van der Waals surface area contributed by atoms with Crippen molar-refractivity contribution in [1.82, 2.24) is 9.78 Å². The number of carbonyl (C=O) groups excluding carboxylic acids is 1. The number of halogens is 1. The number of allylic oxidation sites excluding steroid dienone is 2. The van der Waals surface area contributed by atoms with E-state index in [-0.39, 0.29) is 23.1 Å². The van der Waals surface area contributed by atoms with Crippen molar-refractivity contribution in [2.75, 3.05) is 0 Å². The van der Waals surface area contributed by atoms with Crippen LogP contribution in [0.5, 0.6) is 0 Å². The standard InChI is InChI=1S/C22H22FN3O/c1-21(2)17-9-8-16-18(13-6-5-7-15(23)10-13)26(4)25-19(16)22(17,3)11-14(12-24)20(21)27/h5-7,10-11,17H,8-9H2,1-4H3/t17?,22-/m0/s1. The Morgan fingerprint density at radius 1 is 1.33 bits per heavy atom. The molecular formula is C22H22FN3O. The summed E-state index contributed by atoms with van der Waals surface area (Å²) in [5.74, 6) is -0.298. The lowest BCUT2D eigenvalue weighted by atomic mass is 9.52. The van der Waals surface area contributed by atoms with Crippen LogP contribution in [0, 0.1) is 28.5 Å². The molecule has 0 aliphatic heterocycles. The Balaban J connectivity index is 1.96. The van der Waals surface area contributed by atoms with Crippen molar-refractivity contribution in [3.63, 3.8) is 0 Å². The highest BCUT2D eigenvalue weighted by molar-refractivity contribution is 6.04. The average molecular weight is 363 g/mol. The lowest BCUT2D eigenvalue weighted by Crippen LogP contribution is -2.51. The predicted molar refractivity (Wildman–Crippen MR) is 100 cm³/mol. The number of Topliss-reactive ketones (excluding diaryl/α,β-unsaturated/α-hetero) is 1. The summed E-state index contributed by atoms with van der Waals surface area (Å²) in [6.07, 6.45) is 3.42. The third-order valence-corrected chi connectivity index (χ3v) is 6.43. The van der Waals surface area contributed by atoms with Gasteiger partial charge in [0.2, 0.25) is 0 Å². The Morgan fingerprint density at radius 3 is 2.74 bits per heavy atom. The molecule has 0 amide bonds. The number of hydrogen-bond donors (Lipinski definition) is 0. The van der Waals surface area contributed by atoms with Gasteiger partial charge >= 0.3 is 0 Å². The van der Waals surface area contributed by atoms with Gasteiger partial charge in [-0.25, -0.2) is 4.39 Å². The summed E-state index contributed by atoms with van der Waals surface area (Å²) >= 11 is 0. The Morgan fingerprint density at radius 2 is 2.07 bits per heavy atom. The van der Waals surface area contributed by atoms with Crippen LogP contribution in [-0.4, -0.2) is 15.6 Å². The van der Waals surface area contributed by atoms with Gasteiger partial charge in [-0.1, -0.05) is 39.0 Å². The van der Waals surface area contributed by atoms with Gasteiger partial charge in [-0.3, -0.25) is 9.48 Å². The first kappa shape index (κ1) is 17.7. The SMILES string of the molecule is Cn1nc2c(c1-c1cccc(F)c1)CCC1C(C)(C)C(=O)C(C#N)=C[C@]21C. The fourth-order valence-corrected chi connectivity index (χ4v) is 5.22. The summed E-state index contributed by atoms with van der Waals surface area (Å²) in [7, 11) is 1.87. The van der Waals surface area contributed by atoms with Crippen LogP contribution in [0.25, 0.3) is 11.3 Å². The van der Waals surface area contributed by atoms with Gasteiger partial charge in [-0.05, 0) is 30.9 Å². The van der Waals surface area contributed by atoms with Crippen LogP contribution < -0.4 is 0 Å². The molecule has 4 nitrogen and oxygen atoms in total. The number of rotatable bonds is 1. The number of nitrogens with zero attached hydrogens (tertiary/aromatic N) is 3. The smallest absolute Gasteiger partial charge is 0.178 e. The second-order valence-corrected chi connectivity index (χ2v) is 8.40. The molecule has 2 aliphatic carbocycles. The molecule has 0 N–H and O–H groups in total. The lowest BCUT2D eigenvalue weighted by Gasteiger charge is -2.49. The molecule has 2 aliphatic rings. The van der Waals surface area contributed by atoms with Crippen molar-refractivity contribution in [3.8, 4) is 17.3 Å². The molecule has 0 radical (unpaired) electrons. The summed E-state index contributed by atoms with van der Waals surface area (Å²) in [6, 6.07) is 8.63. The first-order valence-corrected chi connectivity index (χ1v) is 9.20. The van der Waals surface area contributed by atoms with Gasteiger partial charge in [0.05, 0.1) is 17.0 Å². The number of nitriles is 1. The molecule has 0 saturated heterocycles. The highest BCUT2D eigenvalue weighted by Crippen LogP contribution is 2.55. The Bertz CT molecular complexity index is 1040. The van der Waals surface area contributed by atoms with Gasteiger partial charge in [0, 0.05) is 29.0 Å². The molecule has 1 aromatic heterocycles. The molecule has 1 heterocycles. The minimum Gasteiger partial charge on any atom is -0.293 e. The van der Waals surface area contributed by atoms with E-state index in [9.17, 15) is 14.4 Å². The van der Waals surface area contributed by atoms with Crippen LogP contribution in [-0.2, 0) is 23.7 Å². The monoisotopic (exact) mass is 363 g/mol. The van der Waals surface area contributed by atoms with E-state index < -0.39 is 10.8 Å². The fourth-order valence-electron chi connectivity index (χ4n) is 5.22. The van der Waals surface area contributed by atoms with Gasteiger partial charge in [0.25, 0.3) is 0 Å². The molecule has 1 unspecified atom stereocenters. The highest BCUT2D eigenvalue weighted by Gasteiger charge is 2.55. The van der Waals surface area contributed by atoms with Gasteiger partial charge in [0.15, 0.2) is 5.78 Å². The molecule has 2 atom stereocenters. The van der Waals surface area contributed by atoms with Crippen LogP contribution in [0.4, 0.5) is 4.39 Å². The molecule has 2 aromatic rings. The second-order valence-electron chi connectivity index (χ2n) is 8.40. The predicted octanol–water partition coefficient (Wildman–Crippen LogP) is 4.11. The zero-order valence-electron chi connectivity index (χ0n) is 16.0. The highest BCUT2D eigenvalue weighted by atomic mass is 19.1. The van der Waals surface area contributed by atoms with E-state index in [4.69, 9.17) is 5.10 Å². The van der Waals surface area contributed by atoms with E-state index in [1.54, 1.807) is 10.7 Å². The number of aromatic nitrogens is 2. The molecule has 138 valence electrons. The lowest BCUT2D eigenvalue weighted by molar-refractivity contribution is -0.128. The summed E-state index contributed by atoms with van der Waals surface area (Å²) in [5, 5.41) is 14.3. The maximum atomic E-state index is 13.8. The summed E-state index contributed by atoms with van der Waals surface area (Å²) in [6.45, 7) is 5.94. The maximum absolute atomic E-state index is 13.8. The van der Waals surface area contributed by atoms with E-state index >= 15 is 0 Å². The van der Waals surface area contributed by atoms with E-state index in [2.05, 4.69) is 13.0 Å². The Labute approximate surface area is 158 Å². The average Bonchev–Trinajstić information content (AvgIpc) is 2.96. The molecule has 0 fully saturated rings. The van der Waals surface area contributed by atoms with Gasteiger partial charge in [-0.15, -0.1) is 0 Å². The third kappa shape index (κ3) is 2.32. The number of aryl methyl sites for hydroxylation is 1. The zero-order valence-corrected chi connectivity index (χ0v) is 16.0. The van der Waals surface area contributed by atoms with Crippen LogP contribution >= 0.6 is 0 Å². The van der Waals surface area contributed by atoms with Crippen LogP contribution in [0.15, 0.2) is 35.9 Å². The van der Waals surface area contributed by atoms with E-state index in [0.717, 1.165) is 35.4 Å². The normalized spacial score (nSPS) is 26.0. The van der Waals surface area contributed by atoms with E-state index in [1.165, 1.54) is 12.1 Å². The quantitative estimate of drug-likeness (QED) is 0.766. The summed E-state index contributed by atoms with van der Waals surface area (Å²) in [5.41, 5.74) is 2.77. The first-order chi connectivity index (χ1) is 12.7. The maximum Gasteiger partial charge on any atom is 0.178 e. The topological polar surface area (TPSA) is 58.7 Å². The minimum atomic E-state index is -0.622. The fraction of sp³-hybridized carbons (Fsp3) is 0.409. The number of benzene rings is 1. The molecule has 5 heteroatoms. The van der Waals surface area contributed by atoms with Crippen LogP contribution in [0.2, 0.25) is 0 Å². The third-order valence-electron chi connectivity index (χ3n) is 6.43. The number of fused-ring (bicyclic) bond motifs is 3. The summed E-state index contributed by atoms with van der Waals surface area (Å²) < 4.78 is 15.6. The van der Waals surface area contributed by atoms with Gasteiger partial charge < -0.3 is 0 Å². The van der Waals surface area contributed by atoms with Crippen molar-refractivity contribution in [2.45, 2.75) is 39.0 Å². The largest absolute Gasteiger partial charge is 0.293 e. The Kier molecular flexibility index (Phi) is 3.68. The van der Waals surface area contributed by atoms with Crippen molar-refractivity contribution in [1.29, 1.82) is 5.26 Å². The van der Waals surface area contributed by atoms with Crippen molar-refractivity contribution >= 4 is 5.78 Å². The number of ketones is 1. The van der Waals surface area contributed by atoms with Crippen LogP contribution in [0.1, 0.15) is 38.4 Å². The number of carbonyl (C=O) groups is 1. The molecule has 4 rings (SSSR count). The van der Waals surface area contributed by atoms with Crippen LogP contribution in [0.3, 0.4) is 0 Å². The summed E-state index contributed by atoms with van der Waals surface area (Å²) in [4.78, 5) is 12.8. The van der Waals surface area contributed by atoms with E-state index in [0.29, 0.717) is 0 Å². The van der Waals surface area contributed by atoms with Gasteiger partial charge in [-0.2, -0.15) is 10.4 Å². The molecular weight excluding hydrogens is 341 g/mol. The van der Waals surface area contributed by atoms with Gasteiger partial charge in [0.1, 0.15) is 11.9 Å². The van der Waals surface area contributed by atoms with Crippen molar-refractivity contribution in [3.05, 3.63) is 53.0 Å². The van der Waals surface area contributed by atoms with Crippen molar-refractivity contribution < 1.29 is 9.18 Å². The molecule has 27 heavy (non-hydrogen) atoms. The zero-order chi connectivity index (χ0) is 19.6. The Hall–Kier alpha value is -2.74. The van der Waals surface area contributed by atoms with Crippen molar-refractivity contribution in [2.24, 2.45) is 18.4 Å². The minimum absolute atomic E-state index is 0.0670. The first-order valence-electron chi connectivity index (χ1n) is 9.20.